The van der Waals surface area contributed by atoms with Gasteiger partial charge in [-0.15, -0.1) is 0 Å². The van der Waals surface area contributed by atoms with Gasteiger partial charge in [0.15, 0.2) is 0 Å². The molecule has 0 radical (unpaired) electrons. The van der Waals surface area contributed by atoms with Gasteiger partial charge in [0, 0.05) is 27.4 Å². The van der Waals surface area contributed by atoms with Crippen LogP contribution in [0.25, 0.3) is 0 Å². The molecule has 0 fully saturated rings. The van der Waals surface area contributed by atoms with Crippen molar-refractivity contribution < 1.29 is 17.8 Å². The molecule has 0 aromatic carbocycles. The van der Waals surface area contributed by atoms with Crippen LogP contribution in [0.2, 0.25) is 6.04 Å². The summed E-state index contributed by atoms with van der Waals surface area (Å²) >= 11 is 0. The molecule has 0 unspecified atom stereocenters. The van der Waals surface area contributed by atoms with E-state index in [1.807, 2.05) is 0 Å². The summed E-state index contributed by atoms with van der Waals surface area (Å²) in [7, 11) is 7.62. The first-order chi connectivity index (χ1) is 14.9. The van der Waals surface area contributed by atoms with Crippen molar-refractivity contribution in [3.05, 3.63) is 0 Å². The van der Waals surface area contributed by atoms with Crippen molar-refractivity contribution in [1.29, 1.82) is 0 Å². The Kier molecular flexibility index (Phi) is 20.7. The summed E-state index contributed by atoms with van der Waals surface area (Å²) < 4.78 is 17.7. The van der Waals surface area contributed by atoms with E-state index in [4.69, 9.17) is 13.3 Å². The number of hydrogen-bond acceptors (Lipinski definition) is 3. The zero-order chi connectivity index (χ0) is 23.3. The van der Waals surface area contributed by atoms with E-state index in [0.717, 1.165) is 12.5 Å². The molecule has 0 N–H and O–H groups in total. The zero-order valence-corrected chi connectivity index (χ0v) is 23.3. The molecule has 0 aliphatic rings. The molecule has 5 heteroatoms. The van der Waals surface area contributed by atoms with Gasteiger partial charge in [0.25, 0.3) is 0 Å². The fraction of sp³-hybridized carbons (Fsp3) is 1.00. The highest BCUT2D eigenvalue weighted by molar-refractivity contribution is 6.60. The summed E-state index contributed by atoms with van der Waals surface area (Å²) in [6.45, 7) is 5.00. The zero-order valence-electron chi connectivity index (χ0n) is 22.3. The Labute approximate surface area is 197 Å². The lowest BCUT2D eigenvalue weighted by Crippen LogP contribution is -2.42. The predicted molar refractivity (Wildman–Crippen MR) is 138 cm³/mol. The van der Waals surface area contributed by atoms with Crippen molar-refractivity contribution in [1.82, 2.24) is 0 Å². The van der Waals surface area contributed by atoms with Gasteiger partial charge in [0.2, 0.25) is 0 Å². The highest BCUT2D eigenvalue weighted by Gasteiger charge is 2.36. The lowest BCUT2D eigenvalue weighted by Gasteiger charge is -2.30. The van der Waals surface area contributed by atoms with Crippen molar-refractivity contribution in [2.45, 2.75) is 122 Å². The Balaban J connectivity index is 3.47. The standard InChI is InChI=1S/C26H58NO3Si/c1-7-8-9-10-11-15-18-21-24-27(2,3)25-22-19-16-13-12-14-17-20-23-26-31(28-4,29-5)30-6/h7-26H2,1-6H3/q+1. The van der Waals surface area contributed by atoms with Crippen LogP contribution in [0.3, 0.4) is 0 Å². The lowest BCUT2D eigenvalue weighted by atomic mass is 10.1. The maximum Gasteiger partial charge on any atom is 0.500 e. The molecule has 188 valence electrons. The van der Waals surface area contributed by atoms with Gasteiger partial charge in [-0.05, 0) is 32.1 Å². The predicted octanol–water partition coefficient (Wildman–Crippen LogP) is 7.59. The van der Waals surface area contributed by atoms with Crippen molar-refractivity contribution in [3.63, 3.8) is 0 Å². The molecule has 0 saturated heterocycles. The van der Waals surface area contributed by atoms with E-state index in [2.05, 4.69) is 21.0 Å². The second kappa shape index (κ2) is 20.6. The Morgan fingerprint density at radius 2 is 0.806 bits per heavy atom. The molecule has 4 nitrogen and oxygen atoms in total. The van der Waals surface area contributed by atoms with Crippen LogP contribution >= 0.6 is 0 Å². The topological polar surface area (TPSA) is 27.7 Å². The smallest absolute Gasteiger partial charge is 0.377 e. The summed E-state index contributed by atoms with van der Waals surface area (Å²) in [5, 5.41) is 0. The number of unbranched alkanes of at least 4 members (excludes halogenated alkanes) is 15. The molecule has 0 bridgehead atoms. The second-order valence-electron chi connectivity index (χ2n) is 10.1. The monoisotopic (exact) mass is 460 g/mol. The molecule has 0 atom stereocenters. The van der Waals surface area contributed by atoms with Crippen LogP contribution in [0.5, 0.6) is 0 Å². The van der Waals surface area contributed by atoms with Crippen LogP contribution in [-0.4, -0.2) is 61.8 Å². The molecular weight excluding hydrogens is 402 g/mol. The molecule has 0 aliphatic heterocycles. The summed E-state index contributed by atoms with van der Waals surface area (Å²) in [5.41, 5.74) is 0. The summed E-state index contributed by atoms with van der Waals surface area (Å²) in [6, 6.07) is 0.934. The van der Waals surface area contributed by atoms with E-state index in [9.17, 15) is 0 Å². The van der Waals surface area contributed by atoms with E-state index in [1.54, 1.807) is 21.3 Å². The van der Waals surface area contributed by atoms with Crippen molar-refractivity contribution in [2.24, 2.45) is 0 Å². The third-order valence-electron chi connectivity index (χ3n) is 6.80. The van der Waals surface area contributed by atoms with E-state index >= 15 is 0 Å². The van der Waals surface area contributed by atoms with Crippen LogP contribution < -0.4 is 0 Å². The maximum atomic E-state index is 5.48. The van der Waals surface area contributed by atoms with Crippen molar-refractivity contribution >= 4 is 8.80 Å². The lowest BCUT2D eigenvalue weighted by molar-refractivity contribution is -0.890. The molecule has 0 spiro atoms. The highest BCUT2D eigenvalue weighted by Crippen LogP contribution is 2.19. The van der Waals surface area contributed by atoms with Crippen LogP contribution in [-0.2, 0) is 13.3 Å². The minimum atomic E-state index is -2.34. The van der Waals surface area contributed by atoms with E-state index in [-0.39, 0.29) is 0 Å². The highest BCUT2D eigenvalue weighted by atomic mass is 28.4. The third kappa shape index (κ3) is 18.2. The SMILES string of the molecule is CCCCCCCCCC[N+](C)(C)CCCCCCCCCCC[Si](OC)(OC)OC. The summed E-state index contributed by atoms with van der Waals surface area (Å²) in [4.78, 5) is 0. The number of nitrogens with zero attached hydrogens (tertiary/aromatic N) is 1. The van der Waals surface area contributed by atoms with Gasteiger partial charge in [-0.25, -0.2) is 0 Å². The van der Waals surface area contributed by atoms with E-state index in [0.29, 0.717) is 0 Å². The van der Waals surface area contributed by atoms with Gasteiger partial charge in [-0.1, -0.05) is 84.0 Å². The number of rotatable bonds is 24. The van der Waals surface area contributed by atoms with E-state index < -0.39 is 8.80 Å². The average molecular weight is 461 g/mol. The van der Waals surface area contributed by atoms with Crippen LogP contribution in [0.1, 0.15) is 116 Å². The minimum absolute atomic E-state index is 0.934. The van der Waals surface area contributed by atoms with Crippen LogP contribution in [0.4, 0.5) is 0 Å². The molecule has 0 aliphatic carbocycles. The van der Waals surface area contributed by atoms with Gasteiger partial charge in [0.05, 0.1) is 27.2 Å². The molecule has 0 aromatic heterocycles. The van der Waals surface area contributed by atoms with Crippen LogP contribution in [0, 0.1) is 0 Å². The average Bonchev–Trinajstić information content (AvgIpc) is 2.77. The van der Waals surface area contributed by atoms with Crippen molar-refractivity contribution in [3.8, 4) is 0 Å². The molecule has 31 heavy (non-hydrogen) atoms. The second-order valence-corrected chi connectivity index (χ2v) is 13.2. The minimum Gasteiger partial charge on any atom is -0.377 e. The fourth-order valence-corrected chi connectivity index (χ4v) is 6.26. The largest absolute Gasteiger partial charge is 0.500 e. The number of hydrogen-bond donors (Lipinski definition) is 0. The van der Waals surface area contributed by atoms with Gasteiger partial charge in [-0.3, -0.25) is 0 Å². The van der Waals surface area contributed by atoms with Crippen LogP contribution in [0.15, 0.2) is 0 Å². The molecule has 0 aromatic rings. The molecule has 0 amide bonds. The fourth-order valence-electron chi connectivity index (χ4n) is 4.46. The van der Waals surface area contributed by atoms with Crippen molar-refractivity contribution in [2.75, 3.05) is 48.5 Å². The summed E-state index contributed by atoms with van der Waals surface area (Å²) in [6.07, 6.45) is 23.5. The third-order valence-corrected chi connectivity index (χ3v) is 9.63. The van der Waals surface area contributed by atoms with Gasteiger partial charge < -0.3 is 17.8 Å². The Morgan fingerprint density at radius 3 is 1.16 bits per heavy atom. The molecule has 0 rings (SSSR count). The number of quaternary nitrogens is 1. The quantitative estimate of drug-likeness (QED) is 0.0843. The molecular formula is C26H58NO3Si+. The summed E-state index contributed by atoms with van der Waals surface area (Å²) in [5.74, 6) is 0. The van der Waals surface area contributed by atoms with Gasteiger partial charge in [0.1, 0.15) is 0 Å². The van der Waals surface area contributed by atoms with E-state index in [1.165, 1.54) is 120 Å². The Morgan fingerprint density at radius 1 is 0.484 bits per heavy atom. The molecule has 0 heterocycles. The first-order valence-electron chi connectivity index (χ1n) is 13.4. The van der Waals surface area contributed by atoms with Gasteiger partial charge >= 0.3 is 8.80 Å². The first-order valence-corrected chi connectivity index (χ1v) is 15.4. The first kappa shape index (κ1) is 31.1. The van der Waals surface area contributed by atoms with Gasteiger partial charge in [-0.2, -0.15) is 0 Å². The Bertz CT molecular complexity index is 367. The Hall–Kier alpha value is 0.0569. The normalized spacial score (nSPS) is 12.6. The maximum absolute atomic E-state index is 5.48. The molecule has 0 saturated carbocycles.